The van der Waals surface area contributed by atoms with E-state index in [1.54, 1.807) is 87.2 Å². The van der Waals surface area contributed by atoms with Crippen LogP contribution in [0.15, 0.2) is 60.7 Å². The molecule has 1 aliphatic heterocycles. The van der Waals surface area contributed by atoms with Crippen molar-refractivity contribution in [2.45, 2.75) is 51.6 Å². The van der Waals surface area contributed by atoms with Crippen LogP contribution in [0.25, 0.3) is 0 Å². The molecule has 2 aromatic rings. The van der Waals surface area contributed by atoms with E-state index in [-0.39, 0.29) is 5.91 Å². The van der Waals surface area contributed by atoms with Crippen LogP contribution in [-0.2, 0) is 23.1 Å². The Labute approximate surface area is 207 Å². The Morgan fingerprint density at radius 3 is 1.91 bits per heavy atom. The quantitative estimate of drug-likeness (QED) is 0.483. The van der Waals surface area contributed by atoms with Crippen LogP contribution in [0, 0.1) is 0 Å². The highest BCUT2D eigenvalue weighted by molar-refractivity contribution is 7.54. The van der Waals surface area contributed by atoms with Crippen LogP contribution in [0.1, 0.15) is 49.3 Å². The standard InChI is InChI=1S/C26H35N2O6P/c1-19(2)33-35(31,34-20(3)4)24(21-11-7-5-8-12-21)23(26(30)28-15-17-32-18-16-28)27-25(29)22-13-9-6-10-14-22/h5-14,19-20,23-24H,15-18H2,1-4H3,(H,27,29). The SMILES string of the molecule is CC(C)OP(=O)(OC(C)C)C(c1ccccc1)C(NC(=O)c1ccccc1)C(=O)N1CCOCC1. The summed E-state index contributed by atoms with van der Waals surface area (Å²) in [5, 5.41) is 2.88. The van der Waals surface area contributed by atoms with Gasteiger partial charge in [-0.3, -0.25) is 14.2 Å². The van der Waals surface area contributed by atoms with Crippen LogP contribution in [0.3, 0.4) is 0 Å². The number of morpholine rings is 1. The maximum absolute atomic E-state index is 14.5. The van der Waals surface area contributed by atoms with Crippen LogP contribution < -0.4 is 5.32 Å². The summed E-state index contributed by atoms with van der Waals surface area (Å²) in [7, 11) is -3.97. The summed E-state index contributed by atoms with van der Waals surface area (Å²) in [6.07, 6.45) is -0.871. The molecule has 1 N–H and O–H groups in total. The topological polar surface area (TPSA) is 94.2 Å². The Morgan fingerprint density at radius 2 is 1.40 bits per heavy atom. The van der Waals surface area contributed by atoms with Crippen LogP contribution in [0.5, 0.6) is 0 Å². The molecule has 1 heterocycles. The normalized spacial score (nSPS) is 16.2. The summed E-state index contributed by atoms with van der Waals surface area (Å²) >= 11 is 0. The van der Waals surface area contributed by atoms with Crippen molar-refractivity contribution in [3.8, 4) is 0 Å². The van der Waals surface area contributed by atoms with Gasteiger partial charge in [0.1, 0.15) is 11.7 Å². The molecule has 0 spiro atoms. The second kappa shape index (κ2) is 12.5. The van der Waals surface area contributed by atoms with Gasteiger partial charge in [0, 0.05) is 18.7 Å². The molecule has 0 radical (unpaired) electrons. The lowest BCUT2D eigenvalue weighted by atomic mass is 10.0. The predicted molar refractivity (Wildman–Crippen MR) is 134 cm³/mol. The monoisotopic (exact) mass is 502 g/mol. The maximum atomic E-state index is 14.5. The first-order valence-electron chi connectivity index (χ1n) is 11.9. The third-order valence-corrected chi connectivity index (χ3v) is 8.13. The lowest BCUT2D eigenvalue weighted by molar-refractivity contribution is -0.137. The Hall–Kier alpha value is -2.51. The molecule has 0 saturated carbocycles. The number of benzene rings is 2. The van der Waals surface area contributed by atoms with Crippen molar-refractivity contribution in [1.29, 1.82) is 0 Å². The Morgan fingerprint density at radius 1 is 0.886 bits per heavy atom. The summed E-state index contributed by atoms with van der Waals surface area (Å²) in [6, 6.07) is 16.4. The van der Waals surface area contributed by atoms with E-state index < -0.39 is 37.4 Å². The fourth-order valence-electron chi connectivity index (χ4n) is 4.02. The number of nitrogens with one attached hydrogen (secondary N) is 1. The maximum Gasteiger partial charge on any atom is 0.341 e. The fourth-order valence-corrected chi connectivity index (χ4v) is 6.61. The zero-order chi connectivity index (χ0) is 25.4. The molecule has 9 heteroatoms. The van der Waals surface area contributed by atoms with Gasteiger partial charge in [0.2, 0.25) is 5.91 Å². The van der Waals surface area contributed by atoms with Crippen molar-refractivity contribution < 1.29 is 27.9 Å². The van der Waals surface area contributed by atoms with Gasteiger partial charge in [0.15, 0.2) is 0 Å². The van der Waals surface area contributed by atoms with Gasteiger partial charge in [0.05, 0.1) is 25.4 Å². The molecule has 1 saturated heterocycles. The van der Waals surface area contributed by atoms with Crippen LogP contribution in [0.4, 0.5) is 0 Å². The number of carbonyl (C=O) groups excluding carboxylic acids is 2. The molecule has 0 bridgehead atoms. The van der Waals surface area contributed by atoms with E-state index in [1.165, 1.54) is 0 Å². The highest BCUT2D eigenvalue weighted by Gasteiger charge is 2.48. The fraction of sp³-hybridized carbons (Fsp3) is 0.462. The number of ether oxygens (including phenoxy) is 1. The molecule has 2 aromatic carbocycles. The number of nitrogens with zero attached hydrogens (tertiary/aromatic N) is 1. The number of hydrogen-bond acceptors (Lipinski definition) is 6. The smallest absolute Gasteiger partial charge is 0.341 e. The minimum absolute atomic E-state index is 0.355. The van der Waals surface area contributed by atoms with Crippen LogP contribution >= 0.6 is 7.60 Å². The van der Waals surface area contributed by atoms with Gasteiger partial charge in [-0.15, -0.1) is 0 Å². The van der Waals surface area contributed by atoms with E-state index in [2.05, 4.69) is 5.32 Å². The van der Waals surface area contributed by atoms with E-state index in [0.29, 0.717) is 37.4 Å². The Kier molecular flexibility index (Phi) is 9.63. The third kappa shape index (κ3) is 7.24. The molecule has 2 atom stereocenters. The number of amides is 2. The molecule has 35 heavy (non-hydrogen) atoms. The summed E-state index contributed by atoms with van der Waals surface area (Å²) in [4.78, 5) is 28.8. The molecule has 0 aromatic heterocycles. The van der Waals surface area contributed by atoms with Crippen molar-refractivity contribution in [1.82, 2.24) is 10.2 Å². The minimum atomic E-state index is -3.97. The predicted octanol–water partition coefficient (Wildman–Crippen LogP) is 4.43. The summed E-state index contributed by atoms with van der Waals surface area (Å²) < 4.78 is 31.8. The average molecular weight is 503 g/mol. The lowest BCUT2D eigenvalue weighted by Gasteiger charge is -2.37. The molecule has 1 aliphatic rings. The van der Waals surface area contributed by atoms with E-state index in [1.807, 2.05) is 6.07 Å². The number of hydrogen-bond donors (Lipinski definition) is 1. The number of rotatable bonds is 10. The molecular weight excluding hydrogens is 467 g/mol. The van der Waals surface area contributed by atoms with Crippen molar-refractivity contribution >= 4 is 19.4 Å². The van der Waals surface area contributed by atoms with E-state index in [4.69, 9.17) is 13.8 Å². The van der Waals surface area contributed by atoms with Crippen molar-refractivity contribution in [2.75, 3.05) is 26.3 Å². The molecular formula is C26H35N2O6P. The molecule has 2 amide bonds. The Bertz CT molecular complexity index is 995. The summed E-state index contributed by atoms with van der Waals surface area (Å²) in [5.41, 5.74) is -0.0860. The molecule has 0 aliphatic carbocycles. The molecule has 3 rings (SSSR count). The van der Waals surface area contributed by atoms with Gasteiger partial charge >= 0.3 is 7.60 Å². The minimum Gasteiger partial charge on any atom is -0.378 e. The van der Waals surface area contributed by atoms with E-state index in [9.17, 15) is 14.2 Å². The summed E-state index contributed by atoms with van der Waals surface area (Å²) in [5.74, 6) is -0.801. The first-order valence-corrected chi connectivity index (χ1v) is 13.6. The van der Waals surface area contributed by atoms with Gasteiger partial charge in [-0.2, -0.15) is 0 Å². The van der Waals surface area contributed by atoms with Crippen molar-refractivity contribution in [3.63, 3.8) is 0 Å². The zero-order valence-electron chi connectivity index (χ0n) is 20.8. The number of carbonyl (C=O) groups is 2. The first kappa shape index (κ1) is 27.1. The highest BCUT2D eigenvalue weighted by Crippen LogP contribution is 2.64. The third-order valence-electron chi connectivity index (χ3n) is 5.42. The van der Waals surface area contributed by atoms with Crippen LogP contribution in [-0.4, -0.2) is 61.3 Å². The Balaban J connectivity index is 2.12. The van der Waals surface area contributed by atoms with Gasteiger partial charge in [0.25, 0.3) is 5.91 Å². The molecule has 1 fully saturated rings. The first-order chi connectivity index (χ1) is 16.7. The van der Waals surface area contributed by atoms with Gasteiger partial charge < -0.3 is 24.0 Å². The van der Waals surface area contributed by atoms with Crippen molar-refractivity contribution in [2.24, 2.45) is 0 Å². The van der Waals surface area contributed by atoms with Gasteiger partial charge in [-0.1, -0.05) is 48.5 Å². The van der Waals surface area contributed by atoms with Crippen LogP contribution in [0.2, 0.25) is 0 Å². The average Bonchev–Trinajstić information content (AvgIpc) is 2.83. The summed E-state index contributed by atoms with van der Waals surface area (Å²) in [6.45, 7) is 8.59. The highest BCUT2D eigenvalue weighted by atomic mass is 31.2. The second-order valence-electron chi connectivity index (χ2n) is 8.96. The van der Waals surface area contributed by atoms with Gasteiger partial charge in [-0.05, 0) is 45.4 Å². The zero-order valence-corrected chi connectivity index (χ0v) is 21.6. The largest absolute Gasteiger partial charge is 0.378 e. The van der Waals surface area contributed by atoms with Gasteiger partial charge in [-0.25, -0.2) is 0 Å². The second-order valence-corrected chi connectivity index (χ2v) is 11.0. The molecule has 190 valence electrons. The lowest BCUT2D eigenvalue weighted by Crippen LogP contribution is -2.54. The molecule has 2 unspecified atom stereocenters. The van der Waals surface area contributed by atoms with E-state index in [0.717, 1.165) is 0 Å². The van der Waals surface area contributed by atoms with E-state index >= 15 is 0 Å². The molecule has 8 nitrogen and oxygen atoms in total. The van der Waals surface area contributed by atoms with Crippen molar-refractivity contribution in [3.05, 3.63) is 71.8 Å².